The van der Waals surface area contributed by atoms with E-state index in [4.69, 9.17) is 4.74 Å². The first-order valence-electron chi connectivity index (χ1n) is 5.72. The smallest absolute Gasteiger partial charge is 0.319 e. The number of hydrogen-bond acceptors (Lipinski definition) is 4. The second kappa shape index (κ2) is 7.65. The number of carbonyl (C=O) groups excluding carboxylic acids is 1. The van der Waals surface area contributed by atoms with Gasteiger partial charge in [-0.05, 0) is 12.8 Å². The first kappa shape index (κ1) is 12.5. The molecule has 0 aromatic rings. The zero-order valence-electron chi connectivity index (χ0n) is 9.46. The molecule has 4 nitrogen and oxygen atoms in total. The summed E-state index contributed by atoms with van der Waals surface area (Å²) in [6, 6.07) is 0. The van der Waals surface area contributed by atoms with Gasteiger partial charge in [-0.2, -0.15) is 0 Å². The highest BCUT2D eigenvalue weighted by molar-refractivity contribution is 5.71. The quantitative estimate of drug-likeness (QED) is 0.532. The van der Waals surface area contributed by atoms with Gasteiger partial charge in [-0.1, -0.05) is 19.3 Å². The van der Waals surface area contributed by atoms with Crippen molar-refractivity contribution >= 4 is 5.97 Å². The molecular formula is C11H21NO3. The van der Waals surface area contributed by atoms with Crippen LogP contribution >= 0.6 is 0 Å². The fourth-order valence-electron chi connectivity index (χ4n) is 1.79. The van der Waals surface area contributed by atoms with Gasteiger partial charge < -0.3 is 14.8 Å². The first-order valence-corrected chi connectivity index (χ1v) is 5.72. The highest BCUT2D eigenvalue weighted by Gasteiger charge is 2.12. The van der Waals surface area contributed by atoms with Gasteiger partial charge in [0, 0.05) is 6.54 Å². The van der Waals surface area contributed by atoms with E-state index >= 15 is 0 Å². The van der Waals surface area contributed by atoms with Crippen molar-refractivity contribution in [3.8, 4) is 0 Å². The van der Waals surface area contributed by atoms with Crippen LogP contribution in [-0.2, 0) is 14.3 Å². The van der Waals surface area contributed by atoms with Crippen molar-refractivity contribution in [1.82, 2.24) is 5.32 Å². The van der Waals surface area contributed by atoms with Crippen LogP contribution in [-0.4, -0.2) is 38.9 Å². The molecule has 0 aromatic heterocycles. The number of methoxy groups -OCH3 is 1. The van der Waals surface area contributed by atoms with E-state index in [0.717, 1.165) is 0 Å². The zero-order valence-corrected chi connectivity index (χ0v) is 9.46. The highest BCUT2D eigenvalue weighted by atomic mass is 16.5. The Kier molecular flexibility index (Phi) is 6.36. The Balaban J connectivity index is 1.89. The van der Waals surface area contributed by atoms with Crippen molar-refractivity contribution in [2.24, 2.45) is 0 Å². The number of rotatable bonds is 6. The molecule has 0 unspecified atom stereocenters. The SMILES string of the molecule is COC(=O)CNCCOC1CCCCC1. The predicted molar refractivity (Wildman–Crippen MR) is 57.7 cm³/mol. The van der Waals surface area contributed by atoms with E-state index in [1.807, 2.05) is 0 Å². The molecule has 1 aliphatic carbocycles. The van der Waals surface area contributed by atoms with E-state index in [1.54, 1.807) is 0 Å². The van der Waals surface area contributed by atoms with Gasteiger partial charge in [0.1, 0.15) is 0 Å². The van der Waals surface area contributed by atoms with E-state index in [0.29, 0.717) is 19.3 Å². The van der Waals surface area contributed by atoms with Gasteiger partial charge in [0.25, 0.3) is 0 Å². The van der Waals surface area contributed by atoms with Gasteiger partial charge in [-0.15, -0.1) is 0 Å². The zero-order chi connectivity index (χ0) is 10.9. The van der Waals surface area contributed by atoms with Crippen molar-refractivity contribution in [2.45, 2.75) is 38.2 Å². The first-order chi connectivity index (χ1) is 7.33. The van der Waals surface area contributed by atoms with Crippen LogP contribution in [0, 0.1) is 0 Å². The summed E-state index contributed by atoms with van der Waals surface area (Å²) < 4.78 is 10.2. The van der Waals surface area contributed by atoms with Crippen LogP contribution in [0.25, 0.3) is 0 Å². The maximum absolute atomic E-state index is 10.8. The number of hydrogen-bond donors (Lipinski definition) is 1. The van der Waals surface area contributed by atoms with Crippen LogP contribution < -0.4 is 5.32 Å². The summed E-state index contributed by atoms with van der Waals surface area (Å²) in [5.41, 5.74) is 0. The van der Waals surface area contributed by atoms with Crippen LogP contribution in [0.1, 0.15) is 32.1 Å². The van der Waals surface area contributed by atoms with Crippen LogP contribution in [0.3, 0.4) is 0 Å². The largest absolute Gasteiger partial charge is 0.468 e. The number of ether oxygens (including phenoxy) is 2. The average Bonchev–Trinajstić information content (AvgIpc) is 2.29. The Morgan fingerprint density at radius 3 is 2.73 bits per heavy atom. The lowest BCUT2D eigenvalue weighted by Crippen LogP contribution is -2.29. The Morgan fingerprint density at radius 1 is 1.33 bits per heavy atom. The van der Waals surface area contributed by atoms with E-state index in [2.05, 4.69) is 10.1 Å². The molecule has 0 aromatic carbocycles. The highest BCUT2D eigenvalue weighted by Crippen LogP contribution is 2.19. The van der Waals surface area contributed by atoms with Crippen LogP contribution in [0.5, 0.6) is 0 Å². The number of carbonyl (C=O) groups is 1. The summed E-state index contributed by atoms with van der Waals surface area (Å²) in [7, 11) is 1.39. The van der Waals surface area contributed by atoms with Gasteiger partial charge in [0.15, 0.2) is 0 Å². The lowest BCUT2D eigenvalue weighted by molar-refractivity contribution is -0.139. The molecule has 4 heteroatoms. The van der Waals surface area contributed by atoms with E-state index in [-0.39, 0.29) is 12.5 Å². The molecule has 0 spiro atoms. The maximum Gasteiger partial charge on any atom is 0.319 e. The van der Waals surface area contributed by atoms with E-state index in [1.165, 1.54) is 39.2 Å². The summed E-state index contributed by atoms with van der Waals surface area (Å²) >= 11 is 0. The Hall–Kier alpha value is -0.610. The summed E-state index contributed by atoms with van der Waals surface area (Å²) in [6.07, 6.45) is 6.76. The van der Waals surface area contributed by atoms with Crippen molar-refractivity contribution < 1.29 is 14.3 Å². The Morgan fingerprint density at radius 2 is 2.07 bits per heavy atom. The summed E-state index contributed by atoms with van der Waals surface area (Å²) in [6.45, 7) is 1.66. The number of nitrogens with one attached hydrogen (secondary N) is 1. The summed E-state index contributed by atoms with van der Waals surface area (Å²) in [5, 5.41) is 2.98. The van der Waals surface area contributed by atoms with Crippen LogP contribution in [0.4, 0.5) is 0 Å². The molecule has 0 atom stereocenters. The minimum Gasteiger partial charge on any atom is -0.468 e. The van der Waals surface area contributed by atoms with Crippen molar-refractivity contribution in [3.63, 3.8) is 0 Å². The van der Waals surface area contributed by atoms with Crippen molar-refractivity contribution in [3.05, 3.63) is 0 Å². The molecule has 0 amide bonds. The lowest BCUT2D eigenvalue weighted by Gasteiger charge is -2.21. The minimum absolute atomic E-state index is 0.229. The molecule has 1 N–H and O–H groups in total. The standard InChI is InChI=1S/C11H21NO3/c1-14-11(13)9-12-7-8-15-10-5-3-2-4-6-10/h10,12H,2-9H2,1H3. The second-order valence-electron chi connectivity index (χ2n) is 3.88. The van der Waals surface area contributed by atoms with Gasteiger partial charge in [0.05, 0.1) is 26.4 Å². The van der Waals surface area contributed by atoms with Gasteiger partial charge in [-0.3, -0.25) is 4.79 Å². The molecule has 1 fully saturated rings. The van der Waals surface area contributed by atoms with Crippen molar-refractivity contribution in [2.75, 3.05) is 26.8 Å². The fraction of sp³-hybridized carbons (Fsp3) is 0.909. The van der Waals surface area contributed by atoms with Gasteiger partial charge in [0.2, 0.25) is 0 Å². The fourth-order valence-corrected chi connectivity index (χ4v) is 1.79. The molecular weight excluding hydrogens is 194 g/mol. The lowest BCUT2D eigenvalue weighted by atomic mass is 9.98. The molecule has 0 aliphatic heterocycles. The average molecular weight is 215 g/mol. The molecule has 0 bridgehead atoms. The molecule has 15 heavy (non-hydrogen) atoms. The number of esters is 1. The van der Waals surface area contributed by atoms with E-state index in [9.17, 15) is 4.79 Å². The predicted octanol–water partition coefficient (Wildman–Crippen LogP) is 1.10. The Labute approximate surface area is 91.3 Å². The van der Waals surface area contributed by atoms with E-state index < -0.39 is 0 Å². The van der Waals surface area contributed by atoms with Crippen LogP contribution in [0.2, 0.25) is 0 Å². The second-order valence-corrected chi connectivity index (χ2v) is 3.88. The minimum atomic E-state index is -0.229. The molecule has 0 heterocycles. The maximum atomic E-state index is 10.8. The third kappa shape index (κ3) is 5.74. The molecule has 1 aliphatic rings. The Bertz CT molecular complexity index is 179. The molecule has 0 saturated heterocycles. The summed E-state index contributed by atoms with van der Waals surface area (Å²) in [4.78, 5) is 10.8. The third-order valence-electron chi connectivity index (χ3n) is 2.68. The monoisotopic (exact) mass is 215 g/mol. The molecule has 88 valence electrons. The summed E-state index contributed by atoms with van der Waals surface area (Å²) in [5.74, 6) is -0.229. The van der Waals surface area contributed by atoms with Crippen LogP contribution in [0.15, 0.2) is 0 Å². The normalized spacial score (nSPS) is 17.7. The topological polar surface area (TPSA) is 47.6 Å². The van der Waals surface area contributed by atoms with Crippen molar-refractivity contribution in [1.29, 1.82) is 0 Å². The van der Waals surface area contributed by atoms with Gasteiger partial charge in [-0.25, -0.2) is 0 Å². The molecule has 1 rings (SSSR count). The van der Waals surface area contributed by atoms with Gasteiger partial charge >= 0.3 is 5.97 Å². The molecule has 1 saturated carbocycles. The third-order valence-corrected chi connectivity index (χ3v) is 2.68. The molecule has 0 radical (unpaired) electrons.